The van der Waals surface area contributed by atoms with Gasteiger partial charge in [0.1, 0.15) is 36.1 Å². The van der Waals surface area contributed by atoms with Gasteiger partial charge in [-0.3, -0.25) is 9.78 Å². The van der Waals surface area contributed by atoms with Crippen LogP contribution in [0.25, 0.3) is 10.9 Å². The first kappa shape index (κ1) is 27.7. The number of halogens is 2. The minimum absolute atomic E-state index is 0.122. The van der Waals surface area contributed by atoms with Crippen LogP contribution >= 0.6 is 0 Å². The predicted molar refractivity (Wildman–Crippen MR) is 144 cm³/mol. The first-order chi connectivity index (χ1) is 18.8. The standard InChI is InChI=1S/C31H30F2N2O4/c1-3-31(2,35-30(37)39-19-21-9-5-4-6-10-21)16-15-27(36)23-17-22-11-7-14-28(29(22)34-18-23)38-20-24-25(32)12-8-13-26(24)33/h4-14,17-18H,3,15-16,19-20H2,1-2H3,(H,35,37)/t31-/m0/s1. The molecule has 8 heteroatoms. The molecule has 1 amide bonds. The van der Waals surface area contributed by atoms with Crippen molar-refractivity contribution in [2.75, 3.05) is 0 Å². The van der Waals surface area contributed by atoms with Crippen molar-refractivity contribution in [1.82, 2.24) is 10.3 Å². The Kier molecular flexibility index (Phi) is 8.86. The normalized spacial score (nSPS) is 12.5. The van der Waals surface area contributed by atoms with Crippen LogP contribution in [0.15, 0.2) is 79.0 Å². The SMILES string of the molecule is CC[C@@](C)(CCC(=O)c1cnc2c(OCc3c(F)cccc3F)cccc2c1)NC(=O)OCc1ccccc1. The van der Waals surface area contributed by atoms with Crippen molar-refractivity contribution in [3.63, 3.8) is 0 Å². The summed E-state index contributed by atoms with van der Waals surface area (Å²) in [6, 6.07) is 19.9. The number of para-hydroxylation sites is 1. The first-order valence-electron chi connectivity index (χ1n) is 12.7. The van der Waals surface area contributed by atoms with Crippen molar-refractivity contribution >= 4 is 22.8 Å². The minimum Gasteiger partial charge on any atom is -0.486 e. The second-order valence-corrected chi connectivity index (χ2v) is 9.56. The average molecular weight is 533 g/mol. The van der Waals surface area contributed by atoms with E-state index in [0.29, 0.717) is 35.1 Å². The van der Waals surface area contributed by atoms with E-state index in [1.807, 2.05) is 44.2 Å². The minimum atomic E-state index is -0.686. The fourth-order valence-electron chi connectivity index (χ4n) is 4.09. The van der Waals surface area contributed by atoms with E-state index in [1.54, 1.807) is 24.3 Å². The molecule has 6 nitrogen and oxygen atoms in total. The van der Waals surface area contributed by atoms with Gasteiger partial charge in [-0.25, -0.2) is 13.6 Å². The fraction of sp³-hybridized carbons (Fsp3) is 0.258. The molecule has 1 atom stereocenters. The number of aromatic nitrogens is 1. The number of alkyl carbamates (subject to hydrolysis) is 1. The zero-order chi connectivity index (χ0) is 27.8. The molecule has 0 radical (unpaired) electrons. The molecule has 0 aliphatic rings. The third-order valence-electron chi connectivity index (χ3n) is 6.73. The first-order valence-corrected chi connectivity index (χ1v) is 12.7. The van der Waals surface area contributed by atoms with Crippen LogP contribution < -0.4 is 10.1 Å². The van der Waals surface area contributed by atoms with Gasteiger partial charge >= 0.3 is 6.09 Å². The van der Waals surface area contributed by atoms with E-state index in [2.05, 4.69) is 10.3 Å². The van der Waals surface area contributed by atoms with Crippen molar-refractivity contribution in [2.45, 2.75) is 51.9 Å². The van der Waals surface area contributed by atoms with Crippen LogP contribution in [-0.2, 0) is 18.0 Å². The average Bonchev–Trinajstić information content (AvgIpc) is 2.95. The van der Waals surface area contributed by atoms with Crippen molar-refractivity contribution in [2.24, 2.45) is 0 Å². The maximum Gasteiger partial charge on any atom is 0.407 e. The van der Waals surface area contributed by atoms with Crippen molar-refractivity contribution in [3.05, 3.63) is 107 Å². The highest BCUT2D eigenvalue weighted by Gasteiger charge is 2.26. The van der Waals surface area contributed by atoms with Gasteiger partial charge in [-0.15, -0.1) is 0 Å². The molecule has 1 aromatic heterocycles. The molecule has 0 bridgehead atoms. The summed E-state index contributed by atoms with van der Waals surface area (Å²) >= 11 is 0. The summed E-state index contributed by atoms with van der Waals surface area (Å²) < 4.78 is 39.0. The van der Waals surface area contributed by atoms with Gasteiger partial charge in [-0.05, 0) is 49.6 Å². The summed E-state index contributed by atoms with van der Waals surface area (Å²) in [6.45, 7) is 3.68. The van der Waals surface area contributed by atoms with Gasteiger partial charge in [-0.1, -0.05) is 55.5 Å². The molecular formula is C31H30F2N2O4. The molecule has 0 unspecified atom stereocenters. The molecule has 39 heavy (non-hydrogen) atoms. The maximum absolute atomic E-state index is 14.0. The second-order valence-electron chi connectivity index (χ2n) is 9.56. The molecular weight excluding hydrogens is 502 g/mol. The Labute approximate surface area is 226 Å². The number of nitrogens with zero attached hydrogens (tertiary/aromatic N) is 1. The predicted octanol–water partition coefficient (Wildman–Crippen LogP) is 7.15. The van der Waals surface area contributed by atoms with Gasteiger partial charge in [0, 0.05) is 29.1 Å². The smallest absolute Gasteiger partial charge is 0.407 e. The van der Waals surface area contributed by atoms with Crippen molar-refractivity contribution in [3.8, 4) is 5.75 Å². The molecule has 0 saturated heterocycles. The largest absolute Gasteiger partial charge is 0.486 e. The van der Waals surface area contributed by atoms with E-state index in [9.17, 15) is 18.4 Å². The number of amides is 1. The van der Waals surface area contributed by atoms with Crippen LogP contribution in [-0.4, -0.2) is 22.4 Å². The van der Waals surface area contributed by atoms with E-state index in [-0.39, 0.29) is 31.0 Å². The lowest BCUT2D eigenvalue weighted by molar-refractivity contribution is 0.0954. The lowest BCUT2D eigenvalue weighted by Crippen LogP contribution is -2.46. The van der Waals surface area contributed by atoms with Crippen molar-refractivity contribution in [1.29, 1.82) is 0 Å². The lowest BCUT2D eigenvalue weighted by Gasteiger charge is -2.29. The Morgan fingerprint density at radius 2 is 1.67 bits per heavy atom. The van der Waals surface area contributed by atoms with Gasteiger partial charge in [0.15, 0.2) is 5.78 Å². The van der Waals surface area contributed by atoms with Gasteiger partial charge in [-0.2, -0.15) is 0 Å². The lowest BCUT2D eigenvalue weighted by atomic mass is 9.90. The Balaban J connectivity index is 1.37. The molecule has 0 fully saturated rings. The van der Waals surface area contributed by atoms with Gasteiger partial charge in [0.05, 0.1) is 5.56 Å². The Morgan fingerprint density at radius 3 is 2.38 bits per heavy atom. The van der Waals surface area contributed by atoms with Crippen LogP contribution in [0, 0.1) is 11.6 Å². The number of hydrogen-bond acceptors (Lipinski definition) is 5. The Morgan fingerprint density at radius 1 is 0.949 bits per heavy atom. The maximum atomic E-state index is 14.0. The quantitative estimate of drug-likeness (QED) is 0.208. The molecule has 202 valence electrons. The second kappa shape index (κ2) is 12.5. The van der Waals surface area contributed by atoms with Crippen molar-refractivity contribution < 1.29 is 27.8 Å². The van der Waals surface area contributed by atoms with Crippen LogP contribution in [0.5, 0.6) is 5.75 Å². The number of fused-ring (bicyclic) bond motifs is 1. The van der Waals surface area contributed by atoms with E-state index in [0.717, 1.165) is 5.56 Å². The Bertz CT molecular complexity index is 1440. The summed E-state index contributed by atoms with van der Waals surface area (Å²) in [6.07, 6.45) is 2.15. The van der Waals surface area contributed by atoms with Crippen LogP contribution in [0.1, 0.15) is 54.6 Å². The molecule has 0 aliphatic heterocycles. The molecule has 0 saturated carbocycles. The third kappa shape index (κ3) is 7.16. The molecule has 0 aliphatic carbocycles. The number of Topliss-reactive ketones (excluding diaryl/α,β-unsaturated/α-hetero) is 1. The van der Waals surface area contributed by atoms with Gasteiger partial charge in [0.2, 0.25) is 0 Å². The number of pyridine rings is 1. The monoisotopic (exact) mass is 532 g/mol. The number of carbonyl (C=O) groups is 2. The fourth-order valence-corrected chi connectivity index (χ4v) is 4.09. The molecule has 4 rings (SSSR count). The number of ketones is 1. The number of ether oxygens (including phenoxy) is 2. The van der Waals surface area contributed by atoms with Gasteiger partial charge < -0.3 is 14.8 Å². The highest BCUT2D eigenvalue weighted by atomic mass is 19.1. The Hall–Kier alpha value is -4.33. The number of hydrogen-bond donors (Lipinski definition) is 1. The van der Waals surface area contributed by atoms with E-state index >= 15 is 0 Å². The summed E-state index contributed by atoms with van der Waals surface area (Å²) in [5.41, 5.74) is 0.990. The van der Waals surface area contributed by atoms with E-state index in [1.165, 1.54) is 24.4 Å². The molecule has 4 aromatic rings. The summed E-state index contributed by atoms with van der Waals surface area (Å²) in [5.74, 6) is -1.14. The third-order valence-corrected chi connectivity index (χ3v) is 6.73. The number of carbonyl (C=O) groups excluding carboxylic acids is 2. The number of benzene rings is 3. The summed E-state index contributed by atoms with van der Waals surface area (Å²) in [7, 11) is 0. The van der Waals surface area contributed by atoms with Gasteiger partial charge in [0.25, 0.3) is 0 Å². The van der Waals surface area contributed by atoms with Crippen LogP contribution in [0.3, 0.4) is 0 Å². The molecule has 3 aromatic carbocycles. The molecule has 1 N–H and O–H groups in total. The highest BCUT2D eigenvalue weighted by molar-refractivity contribution is 5.99. The molecule has 0 spiro atoms. The number of rotatable bonds is 11. The van der Waals surface area contributed by atoms with Crippen LogP contribution in [0.4, 0.5) is 13.6 Å². The summed E-state index contributed by atoms with van der Waals surface area (Å²) in [5, 5.41) is 3.55. The van der Waals surface area contributed by atoms with Crippen LogP contribution in [0.2, 0.25) is 0 Å². The topological polar surface area (TPSA) is 77.5 Å². The summed E-state index contributed by atoms with van der Waals surface area (Å²) in [4.78, 5) is 29.8. The zero-order valence-corrected chi connectivity index (χ0v) is 21.9. The van der Waals surface area contributed by atoms with E-state index < -0.39 is 23.3 Å². The molecule has 1 heterocycles. The zero-order valence-electron chi connectivity index (χ0n) is 21.9. The highest BCUT2D eigenvalue weighted by Crippen LogP contribution is 2.27. The van der Waals surface area contributed by atoms with E-state index in [4.69, 9.17) is 9.47 Å². The number of nitrogens with one attached hydrogen (secondary N) is 1.